The Morgan fingerprint density at radius 2 is 1.36 bits per heavy atom. The maximum Gasteiger partial charge on any atom is 0.194 e. The molecule has 0 amide bonds. The summed E-state index contributed by atoms with van der Waals surface area (Å²) in [5.41, 5.74) is 0.609. The van der Waals surface area contributed by atoms with E-state index < -0.39 is 17.5 Å². The number of alkyl halides is 1. The average Bonchev–Trinajstić information content (AvgIpc) is 2.72. The SMILES string of the molecule is FCCC/C=C/C[C@H]1CC[C@H](C2CCC(c3cc(F)c(F)c(F)c3)CC2)CC1. The lowest BCUT2D eigenvalue weighted by Crippen LogP contribution is -2.25. The molecule has 0 aliphatic heterocycles. The number of benzene rings is 1. The van der Waals surface area contributed by atoms with E-state index in [1.807, 2.05) is 0 Å². The quantitative estimate of drug-likeness (QED) is 0.190. The first kappa shape index (κ1) is 21.4. The number of halogens is 4. The van der Waals surface area contributed by atoms with Crippen LogP contribution in [0.5, 0.6) is 0 Å². The highest BCUT2D eigenvalue weighted by Crippen LogP contribution is 2.44. The van der Waals surface area contributed by atoms with E-state index in [-0.39, 0.29) is 12.6 Å². The smallest absolute Gasteiger partial charge is 0.194 e. The molecule has 2 saturated carbocycles. The van der Waals surface area contributed by atoms with Crippen LogP contribution in [0.3, 0.4) is 0 Å². The van der Waals surface area contributed by atoms with E-state index >= 15 is 0 Å². The van der Waals surface area contributed by atoms with Gasteiger partial charge in [-0.3, -0.25) is 4.39 Å². The van der Waals surface area contributed by atoms with Crippen molar-refractivity contribution in [1.29, 1.82) is 0 Å². The Morgan fingerprint density at radius 1 is 0.786 bits per heavy atom. The monoisotopic (exact) mass is 396 g/mol. The molecule has 2 aliphatic rings. The van der Waals surface area contributed by atoms with Crippen molar-refractivity contribution < 1.29 is 17.6 Å². The number of rotatable bonds is 7. The standard InChI is InChI=1S/C24H32F4/c25-14-4-2-1-3-5-17-6-8-18(9-7-17)19-10-12-20(13-11-19)21-15-22(26)24(28)23(27)16-21/h1,3,15-20H,2,4-14H2/b3-1+/t17-,18-,19?,20?. The zero-order chi connectivity index (χ0) is 19.9. The summed E-state index contributed by atoms with van der Waals surface area (Å²) in [6.07, 6.45) is 16.1. The Balaban J connectivity index is 1.42. The van der Waals surface area contributed by atoms with Crippen LogP contribution in [0.2, 0.25) is 0 Å². The third kappa shape index (κ3) is 5.61. The molecule has 0 nitrogen and oxygen atoms in total. The average molecular weight is 397 g/mol. The molecule has 1 aromatic rings. The molecule has 0 atom stereocenters. The van der Waals surface area contributed by atoms with Gasteiger partial charge in [0.25, 0.3) is 0 Å². The second-order valence-corrected chi connectivity index (χ2v) is 8.73. The summed E-state index contributed by atoms with van der Waals surface area (Å²) in [6.45, 7) is -0.233. The summed E-state index contributed by atoms with van der Waals surface area (Å²) >= 11 is 0. The third-order valence-corrected chi connectivity index (χ3v) is 6.95. The van der Waals surface area contributed by atoms with Crippen molar-refractivity contribution in [2.24, 2.45) is 17.8 Å². The highest BCUT2D eigenvalue weighted by molar-refractivity contribution is 5.23. The summed E-state index contributed by atoms with van der Waals surface area (Å²) < 4.78 is 52.3. The van der Waals surface area contributed by atoms with Crippen LogP contribution in [0.4, 0.5) is 17.6 Å². The molecule has 28 heavy (non-hydrogen) atoms. The van der Waals surface area contributed by atoms with Gasteiger partial charge in [-0.05, 0) is 112 Å². The summed E-state index contributed by atoms with van der Waals surface area (Å²) in [5, 5.41) is 0. The fourth-order valence-corrected chi connectivity index (χ4v) is 5.23. The van der Waals surface area contributed by atoms with E-state index in [9.17, 15) is 17.6 Å². The number of unbranched alkanes of at least 4 members (excludes halogenated alkanes) is 1. The third-order valence-electron chi connectivity index (χ3n) is 6.95. The van der Waals surface area contributed by atoms with Crippen LogP contribution < -0.4 is 0 Å². The number of hydrogen-bond donors (Lipinski definition) is 0. The summed E-state index contributed by atoms with van der Waals surface area (Å²) in [4.78, 5) is 0. The Bertz CT molecular complexity index is 615. The van der Waals surface area contributed by atoms with Gasteiger partial charge in [-0.2, -0.15) is 0 Å². The van der Waals surface area contributed by atoms with Crippen LogP contribution >= 0.6 is 0 Å². The molecular formula is C24H32F4. The first-order valence-electron chi connectivity index (χ1n) is 10.9. The van der Waals surface area contributed by atoms with E-state index in [2.05, 4.69) is 12.2 Å². The lowest BCUT2D eigenvalue weighted by molar-refractivity contribution is 0.160. The van der Waals surface area contributed by atoms with Crippen molar-refractivity contribution in [2.45, 2.75) is 76.5 Å². The highest BCUT2D eigenvalue weighted by atomic mass is 19.2. The van der Waals surface area contributed by atoms with Gasteiger partial charge in [0.2, 0.25) is 0 Å². The lowest BCUT2D eigenvalue weighted by Gasteiger charge is -2.38. The first-order chi connectivity index (χ1) is 13.6. The molecule has 0 radical (unpaired) electrons. The normalized spacial score (nSPS) is 28.7. The number of hydrogen-bond acceptors (Lipinski definition) is 0. The van der Waals surface area contributed by atoms with Gasteiger partial charge in [0.15, 0.2) is 17.5 Å². The highest BCUT2D eigenvalue weighted by Gasteiger charge is 2.31. The van der Waals surface area contributed by atoms with E-state index in [0.717, 1.165) is 50.4 Å². The van der Waals surface area contributed by atoms with Gasteiger partial charge in [0.1, 0.15) is 0 Å². The minimum Gasteiger partial charge on any atom is -0.251 e. The Kier molecular flexibility index (Phi) is 7.99. The van der Waals surface area contributed by atoms with Gasteiger partial charge in [0, 0.05) is 0 Å². The van der Waals surface area contributed by atoms with Crippen molar-refractivity contribution in [2.75, 3.05) is 6.67 Å². The van der Waals surface area contributed by atoms with Crippen LogP contribution in [0.15, 0.2) is 24.3 Å². The fourth-order valence-electron chi connectivity index (χ4n) is 5.23. The maximum atomic E-state index is 13.5. The molecule has 2 aliphatic carbocycles. The van der Waals surface area contributed by atoms with E-state index in [4.69, 9.17) is 0 Å². The minimum atomic E-state index is -1.37. The predicted molar refractivity (Wildman–Crippen MR) is 105 cm³/mol. The summed E-state index contributed by atoms with van der Waals surface area (Å²) in [7, 11) is 0. The molecule has 4 heteroatoms. The Morgan fingerprint density at radius 3 is 1.93 bits per heavy atom. The van der Waals surface area contributed by atoms with Crippen molar-refractivity contribution in [1.82, 2.24) is 0 Å². The second-order valence-electron chi connectivity index (χ2n) is 8.73. The second kappa shape index (κ2) is 10.5. The largest absolute Gasteiger partial charge is 0.251 e. The zero-order valence-electron chi connectivity index (χ0n) is 16.6. The fraction of sp³-hybridized carbons (Fsp3) is 0.667. The van der Waals surface area contributed by atoms with Gasteiger partial charge in [-0.1, -0.05) is 12.2 Å². The molecule has 0 heterocycles. The van der Waals surface area contributed by atoms with Crippen LogP contribution in [0, 0.1) is 35.2 Å². The van der Waals surface area contributed by atoms with E-state index in [1.165, 1.54) is 37.8 Å². The van der Waals surface area contributed by atoms with Crippen molar-refractivity contribution in [3.05, 3.63) is 47.3 Å². The Labute approximate surface area is 166 Å². The molecular weight excluding hydrogens is 364 g/mol. The molecule has 156 valence electrons. The van der Waals surface area contributed by atoms with Gasteiger partial charge < -0.3 is 0 Å². The summed E-state index contributed by atoms with van der Waals surface area (Å²) in [5.74, 6) is -1.12. The predicted octanol–water partition coefficient (Wildman–Crippen LogP) is 7.88. The molecule has 0 N–H and O–H groups in total. The number of allylic oxidation sites excluding steroid dienone is 2. The van der Waals surface area contributed by atoms with Crippen LogP contribution in [-0.4, -0.2) is 6.67 Å². The van der Waals surface area contributed by atoms with Crippen LogP contribution in [0.25, 0.3) is 0 Å². The van der Waals surface area contributed by atoms with E-state index in [0.29, 0.717) is 17.9 Å². The topological polar surface area (TPSA) is 0 Å². The molecule has 0 unspecified atom stereocenters. The van der Waals surface area contributed by atoms with Gasteiger partial charge in [0.05, 0.1) is 6.67 Å². The molecule has 3 rings (SSSR count). The summed E-state index contributed by atoms with van der Waals surface area (Å²) in [6, 6.07) is 2.35. The molecule has 0 bridgehead atoms. The lowest BCUT2D eigenvalue weighted by atomic mass is 9.68. The van der Waals surface area contributed by atoms with Crippen molar-refractivity contribution in [3.8, 4) is 0 Å². The maximum absolute atomic E-state index is 13.5. The van der Waals surface area contributed by atoms with Gasteiger partial charge in [-0.15, -0.1) is 0 Å². The minimum absolute atomic E-state index is 0.145. The van der Waals surface area contributed by atoms with Crippen LogP contribution in [0.1, 0.15) is 82.1 Å². The van der Waals surface area contributed by atoms with Gasteiger partial charge in [-0.25, -0.2) is 13.2 Å². The zero-order valence-corrected chi connectivity index (χ0v) is 16.6. The van der Waals surface area contributed by atoms with Crippen molar-refractivity contribution >= 4 is 0 Å². The van der Waals surface area contributed by atoms with Crippen LogP contribution in [-0.2, 0) is 0 Å². The molecule has 2 fully saturated rings. The molecule has 0 saturated heterocycles. The first-order valence-corrected chi connectivity index (χ1v) is 10.9. The molecule has 0 aromatic heterocycles. The molecule has 0 spiro atoms. The van der Waals surface area contributed by atoms with Gasteiger partial charge >= 0.3 is 0 Å². The Hall–Kier alpha value is -1.32. The molecule has 1 aromatic carbocycles. The van der Waals surface area contributed by atoms with Crippen molar-refractivity contribution in [3.63, 3.8) is 0 Å². The van der Waals surface area contributed by atoms with E-state index in [1.54, 1.807) is 0 Å².